The van der Waals surface area contributed by atoms with Gasteiger partial charge in [0.25, 0.3) is 0 Å². The molecule has 2 aromatic rings. The van der Waals surface area contributed by atoms with Crippen LogP contribution in [0, 0.1) is 5.82 Å². The predicted molar refractivity (Wildman–Crippen MR) is 76.4 cm³/mol. The molecule has 0 aliphatic carbocycles. The average Bonchev–Trinajstić information content (AvgIpc) is 2.52. The van der Waals surface area contributed by atoms with Crippen molar-refractivity contribution < 1.29 is 19.1 Å². The zero-order valence-electron chi connectivity index (χ0n) is 11.5. The SMILES string of the molecule is O=C(O)NC(C(=O)NCc1cccnc1)c1ccc(F)cc1. The Morgan fingerprint density at radius 3 is 2.55 bits per heavy atom. The fourth-order valence-electron chi connectivity index (χ4n) is 1.87. The molecule has 2 rings (SSSR count). The molecule has 22 heavy (non-hydrogen) atoms. The molecule has 1 heterocycles. The molecular weight excluding hydrogens is 289 g/mol. The maximum Gasteiger partial charge on any atom is 0.405 e. The van der Waals surface area contributed by atoms with Gasteiger partial charge >= 0.3 is 6.09 Å². The third-order valence-electron chi connectivity index (χ3n) is 2.92. The molecule has 0 bridgehead atoms. The van der Waals surface area contributed by atoms with Crippen LogP contribution < -0.4 is 10.6 Å². The molecule has 1 atom stereocenters. The Morgan fingerprint density at radius 1 is 1.23 bits per heavy atom. The van der Waals surface area contributed by atoms with Crippen molar-refractivity contribution in [3.63, 3.8) is 0 Å². The lowest BCUT2D eigenvalue weighted by atomic mass is 10.1. The number of pyridine rings is 1. The molecule has 1 unspecified atom stereocenters. The number of benzene rings is 1. The largest absolute Gasteiger partial charge is 0.465 e. The Labute approximate surface area is 126 Å². The average molecular weight is 303 g/mol. The lowest BCUT2D eigenvalue weighted by Gasteiger charge is -2.17. The minimum Gasteiger partial charge on any atom is -0.465 e. The van der Waals surface area contributed by atoms with E-state index in [1.165, 1.54) is 24.3 Å². The first-order valence-corrected chi connectivity index (χ1v) is 6.48. The quantitative estimate of drug-likeness (QED) is 0.786. The number of rotatable bonds is 5. The minimum atomic E-state index is -1.34. The van der Waals surface area contributed by atoms with Crippen LogP contribution in [-0.2, 0) is 11.3 Å². The van der Waals surface area contributed by atoms with Crippen LogP contribution in [0.4, 0.5) is 9.18 Å². The number of carbonyl (C=O) groups is 2. The molecule has 7 heteroatoms. The highest BCUT2D eigenvalue weighted by atomic mass is 19.1. The van der Waals surface area contributed by atoms with Crippen LogP contribution in [0.25, 0.3) is 0 Å². The molecular formula is C15H14FN3O3. The summed E-state index contributed by atoms with van der Waals surface area (Å²) in [4.78, 5) is 27.0. The van der Waals surface area contributed by atoms with Gasteiger partial charge in [-0.25, -0.2) is 9.18 Å². The Hall–Kier alpha value is -2.96. The standard InChI is InChI=1S/C15H14FN3O3/c16-12-5-3-11(4-6-12)13(19-15(21)22)14(20)18-9-10-2-1-7-17-8-10/h1-8,13,19H,9H2,(H,18,20)(H,21,22). The molecule has 0 aliphatic rings. The maximum atomic E-state index is 12.9. The Balaban J connectivity index is 2.09. The van der Waals surface area contributed by atoms with E-state index in [2.05, 4.69) is 15.6 Å². The van der Waals surface area contributed by atoms with Crippen LogP contribution in [0.2, 0.25) is 0 Å². The first-order chi connectivity index (χ1) is 10.6. The summed E-state index contributed by atoms with van der Waals surface area (Å²) in [5.41, 5.74) is 1.14. The molecule has 6 nitrogen and oxygen atoms in total. The van der Waals surface area contributed by atoms with Crippen LogP contribution in [0.1, 0.15) is 17.2 Å². The number of hydrogen-bond acceptors (Lipinski definition) is 3. The van der Waals surface area contributed by atoms with E-state index in [1.54, 1.807) is 24.5 Å². The molecule has 0 aliphatic heterocycles. The molecule has 114 valence electrons. The predicted octanol–water partition coefficient (Wildman–Crippen LogP) is 1.85. The number of halogens is 1. The van der Waals surface area contributed by atoms with Gasteiger partial charge in [0.05, 0.1) is 0 Å². The number of hydrogen-bond donors (Lipinski definition) is 3. The fraction of sp³-hybridized carbons (Fsp3) is 0.133. The number of nitrogens with one attached hydrogen (secondary N) is 2. The van der Waals surface area contributed by atoms with E-state index in [0.717, 1.165) is 5.56 Å². The van der Waals surface area contributed by atoms with Crippen molar-refractivity contribution in [1.29, 1.82) is 0 Å². The monoisotopic (exact) mass is 303 g/mol. The van der Waals surface area contributed by atoms with Gasteiger partial charge in [-0.1, -0.05) is 18.2 Å². The van der Waals surface area contributed by atoms with Gasteiger partial charge in [0.2, 0.25) is 5.91 Å². The van der Waals surface area contributed by atoms with Crippen molar-refractivity contribution >= 4 is 12.0 Å². The van der Waals surface area contributed by atoms with Gasteiger partial charge in [-0.15, -0.1) is 0 Å². The molecule has 0 radical (unpaired) electrons. The lowest BCUT2D eigenvalue weighted by molar-refractivity contribution is -0.123. The molecule has 0 saturated carbocycles. The third-order valence-corrected chi connectivity index (χ3v) is 2.92. The second-order valence-electron chi connectivity index (χ2n) is 4.51. The summed E-state index contributed by atoms with van der Waals surface area (Å²) >= 11 is 0. The summed E-state index contributed by atoms with van der Waals surface area (Å²) in [5.74, 6) is -0.994. The van der Waals surface area contributed by atoms with Crippen LogP contribution in [0.3, 0.4) is 0 Å². The zero-order valence-corrected chi connectivity index (χ0v) is 11.5. The van der Waals surface area contributed by atoms with Gasteiger partial charge in [0, 0.05) is 18.9 Å². The van der Waals surface area contributed by atoms with E-state index in [1.807, 2.05) is 0 Å². The van der Waals surface area contributed by atoms with Crippen molar-refractivity contribution in [2.45, 2.75) is 12.6 Å². The van der Waals surface area contributed by atoms with Crippen LogP contribution in [-0.4, -0.2) is 22.1 Å². The van der Waals surface area contributed by atoms with E-state index >= 15 is 0 Å². The Bertz CT molecular complexity index is 647. The number of carboxylic acid groups (broad SMARTS) is 1. The zero-order chi connectivity index (χ0) is 15.9. The van der Waals surface area contributed by atoms with Crippen molar-refractivity contribution in [3.05, 3.63) is 65.7 Å². The topological polar surface area (TPSA) is 91.3 Å². The van der Waals surface area contributed by atoms with Gasteiger partial charge in [0.1, 0.15) is 11.9 Å². The van der Waals surface area contributed by atoms with Crippen molar-refractivity contribution in [3.8, 4) is 0 Å². The molecule has 0 fully saturated rings. The fourth-order valence-corrected chi connectivity index (χ4v) is 1.87. The minimum absolute atomic E-state index is 0.214. The van der Waals surface area contributed by atoms with Crippen LogP contribution in [0.5, 0.6) is 0 Å². The number of amides is 2. The molecule has 2 amide bonds. The van der Waals surface area contributed by atoms with E-state index in [-0.39, 0.29) is 6.54 Å². The van der Waals surface area contributed by atoms with Gasteiger partial charge < -0.3 is 15.7 Å². The summed E-state index contributed by atoms with van der Waals surface area (Å²) in [6, 6.07) is 7.45. The molecule has 3 N–H and O–H groups in total. The molecule has 1 aromatic carbocycles. The van der Waals surface area contributed by atoms with E-state index < -0.39 is 23.9 Å². The third kappa shape index (κ3) is 4.27. The first kappa shape index (κ1) is 15.4. The highest BCUT2D eigenvalue weighted by molar-refractivity contribution is 5.86. The lowest BCUT2D eigenvalue weighted by Crippen LogP contribution is -2.39. The smallest absolute Gasteiger partial charge is 0.405 e. The van der Waals surface area contributed by atoms with Gasteiger partial charge in [-0.3, -0.25) is 9.78 Å². The van der Waals surface area contributed by atoms with E-state index in [9.17, 15) is 14.0 Å². The van der Waals surface area contributed by atoms with Gasteiger partial charge in [0.15, 0.2) is 0 Å². The summed E-state index contributed by atoms with van der Waals surface area (Å²) in [7, 11) is 0. The molecule has 1 aromatic heterocycles. The second-order valence-corrected chi connectivity index (χ2v) is 4.51. The van der Waals surface area contributed by atoms with Crippen molar-refractivity contribution in [2.75, 3.05) is 0 Å². The first-order valence-electron chi connectivity index (χ1n) is 6.48. The second kappa shape index (κ2) is 7.16. The highest BCUT2D eigenvalue weighted by Gasteiger charge is 2.22. The van der Waals surface area contributed by atoms with E-state index in [4.69, 9.17) is 5.11 Å². The summed E-state index contributed by atoms with van der Waals surface area (Å²) < 4.78 is 12.9. The number of nitrogens with zero attached hydrogens (tertiary/aromatic N) is 1. The van der Waals surface area contributed by atoms with Crippen LogP contribution in [0.15, 0.2) is 48.8 Å². The van der Waals surface area contributed by atoms with Gasteiger partial charge in [-0.05, 0) is 29.3 Å². The summed E-state index contributed by atoms with van der Waals surface area (Å²) in [5, 5.41) is 13.6. The number of aromatic nitrogens is 1. The Morgan fingerprint density at radius 2 is 1.95 bits per heavy atom. The van der Waals surface area contributed by atoms with Gasteiger partial charge in [-0.2, -0.15) is 0 Å². The molecule has 0 spiro atoms. The normalized spacial score (nSPS) is 11.5. The van der Waals surface area contributed by atoms with Crippen molar-refractivity contribution in [2.24, 2.45) is 0 Å². The summed E-state index contributed by atoms with van der Waals surface area (Å²) in [6.45, 7) is 0.214. The Kier molecular flexibility index (Phi) is 5.02. The van der Waals surface area contributed by atoms with Crippen LogP contribution >= 0.6 is 0 Å². The summed E-state index contributed by atoms with van der Waals surface area (Å²) in [6.07, 6.45) is 1.86. The van der Waals surface area contributed by atoms with Crippen molar-refractivity contribution in [1.82, 2.24) is 15.6 Å². The molecule has 0 saturated heterocycles. The maximum absolute atomic E-state index is 12.9. The van der Waals surface area contributed by atoms with E-state index in [0.29, 0.717) is 5.56 Å². The highest BCUT2D eigenvalue weighted by Crippen LogP contribution is 2.14. The number of carbonyl (C=O) groups excluding carboxylic acids is 1.